The Hall–Kier alpha value is -2.47. The van der Waals surface area contributed by atoms with Gasteiger partial charge in [0, 0.05) is 45.8 Å². The summed E-state index contributed by atoms with van der Waals surface area (Å²) in [7, 11) is 0. The quantitative estimate of drug-likeness (QED) is 0.797. The molecule has 0 saturated carbocycles. The van der Waals surface area contributed by atoms with Gasteiger partial charge in [-0.3, -0.25) is 4.90 Å². The average molecular weight is 379 g/mol. The van der Waals surface area contributed by atoms with Gasteiger partial charge in [0.15, 0.2) is 5.82 Å². The number of rotatable bonds is 5. The van der Waals surface area contributed by atoms with E-state index in [1.165, 1.54) is 18.4 Å². The number of anilines is 2. The fourth-order valence-electron chi connectivity index (χ4n) is 3.84. The number of aromatic nitrogens is 3. The van der Waals surface area contributed by atoms with Gasteiger partial charge in [-0.1, -0.05) is 49.4 Å². The van der Waals surface area contributed by atoms with Crippen LogP contribution in [-0.2, 0) is 0 Å². The van der Waals surface area contributed by atoms with E-state index >= 15 is 0 Å². The SMILES string of the molecule is CC1CCN(c2nncc(N3CCN(C/C=C/c4ccccc4)CC3)n2)CC1. The lowest BCUT2D eigenvalue weighted by Gasteiger charge is -2.35. The summed E-state index contributed by atoms with van der Waals surface area (Å²) in [6, 6.07) is 10.5. The fraction of sp³-hybridized carbons (Fsp3) is 0.500. The minimum atomic E-state index is 0.789. The summed E-state index contributed by atoms with van der Waals surface area (Å²) in [5.74, 6) is 2.55. The number of piperidine rings is 1. The number of nitrogens with zero attached hydrogens (tertiary/aromatic N) is 6. The van der Waals surface area contributed by atoms with Crippen LogP contribution < -0.4 is 9.80 Å². The van der Waals surface area contributed by atoms with Crippen LogP contribution in [0.5, 0.6) is 0 Å². The molecule has 148 valence electrons. The van der Waals surface area contributed by atoms with Crippen LogP contribution in [0.3, 0.4) is 0 Å². The van der Waals surface area contributed by atoms with E-state index in [2.05, 4.69) is 74.3 Å². The van der Waals surface area contributed by atoms with E-state index in [9.17, 15) is 0 Å². The van der Waals surface area contributed by atoms with Crippen LogP contribution in [-0.4, -0.2) is 65.9 Å². The summed E-state index contributed by atoms with van der Waals surface area (Å²) in [5, 5.41) is 8.52. The summed E-state index contributed by atoms with van der Waals surface area (Å²) in [6.07, 6.45) is 8.69. The van der Waals surface area contributed by atoms with Gasteiger partial charge < -0.3 is 9.80 Å². The molecule has 0 unspecified atom stereocenters. The van der Waals surface area contributed by atoms with Crippen LogP contribution in [0.2, 0.25) is 0 Å². The molecule has 2 aromatic rings. The molecule has 0 amide bonds. The Morgan fingerprint density at radius 2 is 1.71 bits per heavy atom. The first-order valence-corrected chi connectivity index (χ1v) is 10.4. The average Bonchev–Trinajstić information content (AvgIpc) is 2.76. The molecule has 1 aromatic heterocycles. The van der Waals surface area contributed by atoms with Gasteiger partial charge in [-0.15, -0.1) is 5.10 Å². The molecule has 0 radical (unpaired) electrons. The maximum Gasteiger partial charge on any atom is 0.247 e. The molecule has 0 spiro atoms. The highest BCUT2D eigenvalue weighted by Gasteiger charge is 2.21. The predicted octanol–water partition coefficient (Wildman–Crippen LogP) is 2.94. The molecule has 2 saturated heterocycles. The summed E-state index contributed by atoms with van der Waals surface area (Å²) in [6.45, 7) is 9.42. The van der Waals surface area contributed by atoms with Crippen LogP contribution in [0.4, 0.5) is 11.8 Å². The van der Waals surface area contributed by atoms with Gasteiger partial charge in [-0.2, -0.15) is 10.1 Å². The molecule has 0 N–H and O–H groups in total. The molecule has 3 heterocycles. The summed E-state index contributed by atoms with van der Waals surface area (Å²) in [5.41, 5.74) is 1.26. The van der Waals surface area contributed by atoms with E-state index in [-0.39, 0.29) is 0 Å². The van der Waals surface area contributed by atoms with Crippen LogP contribution in [0.1, 0.15) is 25.3 Å². The summed E-state index contributed by atoms with van der Waals surface area (Å²) < 4.78 is 0. The summed E-state index contributed by atoms with van der Waals surface area (Å²) in [4.78, 5) is 11.9. The lowest BCUT2D eigenvalue weighted by Crippen LogP contribution is -2.46. The highest BCUT2D eigenvalue weighted by molar-refractivity contribution is 5.49. The molecule has 2 aliphatic heterocycles. The highest BCUT2D eigenvalue weighted by atomic mass is 15.4. The van der Waals surface area contributed by atoms with Gasteiger partial charge >= 0.3 is 0 Å². The van der Waals surface area contributed by atoms with Crippen molar-refractivity contribution in [2.24, 2.45) is 5.92 Å². The summed E-state index contributed by atoms with van der Waals surface area (Å²) >= 11 is 0. The van der Waals surface area contributed by atoms with E-state index in [4.69, 9.17) is 4.98 Å². The van der Waals surface area contributed by atoms with Crippen LogP contribution in [0.15, 0.2) is 42.6 Å². The van der Waals surface area contributed by atoms with E-state index in [1.54, 1.807) is 6.20 Å². The van der Waals surface area contributed by atoms with Crippen LogP contribution in [0.25, 0.3) is 6.08 Å². The fourth-order valence-corrected chi connectivity index (χ4v) is 3.84. The van der Waals surface area contributed by atoms with E-state index < -0.39 is 0 Å². The van der Waals surface area contributed by atoms with E-state index in [1.807, 2.05) is 0 Å². The molecule has 1 aromatic carbocycles. The molecule has 0 bridgehead atoms. The van der Waals surface area contributed by atoms with Crippen LogP contribution in [0, 0.1) is 5.92 Å². The molecule has 4 rings (SSSR count). The van der Waals surface area contributed by atoms with Crippen molar-refractivity contribution in [1.29, 1.82) is 0 Å². The first kappa shape index (κ1) is 18.9. The minimum absolute atomic E-state index is 0.789. The first-order valence-electron chi connectivity index (χ1n) is 10.4. The molecule has 0 aliphatic carbocycles. The zero-order chi connectivity index (χ0) is 19.2. The normalized spacial score (nSPS) is 19.5. The number of hydrogen-bond donors (Lipinski definition) is 0. The Kier molecular flexibility index (Phi) is 6.17. The first-order chi connectivity index (χ1) is 13.8. The maximum atomic E-state index is 4.82. The van der Waals surface area contributed by atoms with Gasteiger partial charge in [0.05, 0.1) is 6.20 Å². The Morgan fingerprint density at radius 3 is 2.46 bits per heavy atom. The Balaban J connectivity index is 1.29. The largest absolute Gasteiger partial charge is 0.353 e. The molecule has 2 fully saturated rings. The van der Waals surface area contributed by atoms with Gasteiger partial charge in [0.25, 0.3) is 0 Å². The Morgan fingerprint density at radius 1 is 0.964 bits per heavy atom. The molecule has 0 atom stereocenters. The maximum absolute atomic E-state index is 4.82. The molecule has 6 nitrogen and oxygen atoms in total. The van der Waals surface area contributed by atoms with Crippen molar-refractivity contribution in [2.75, 3.05) is 55.6 Å². The van der Waals surface area contributed by atoms with Crippen molar-refractivity contribution in [1.82, 2.24) is 20.1 Å². The minimum Gasteiger partial charge on any atom is -0.353 e. The topological polar surface area (TPSA) is 48.4 Å². The second kappa shape index (κ2) is 9.15. The van der Waals surface area contributed by atoms with Gasteiger partial charge in [-0.05, 0) is 24.3 Å². The van der Waals surface area contributed by atoms with Gasteiger partial charge in [-0.25, -0.2) is 0 Å². The van der Waals surface area contributed by atoms with Crippen LogP contribution >= 0.6 is 0 Å². The Labute approximate surface area is 167 Å². The van der Waals surface area contributed by atoms with Gasteiger partial charge in [0.1, 0.15) is 0 Å². The monoisotopic (exact) mass is 378 g/mol. The third kappa shape index (κ3) is 4.87. The van der Waals surface area contributed by atoms with E-state index in [0.29, 0.717) is 0 Å². The van der Waals surface area contributed by atoms with Crippen molar-refractivity contribution in [3.8, 4) is 0 Å². The molecule has 2 aliphatic rings. The molecular weight excluding hydrogens is 348 g/mol. The lowest BCUT2D eigenvalue weighted by atomic mass is 10.00. The van der Waals surface area contributed by atoms with Crippen molar-refractivity contribution in [2.45, 2.75) is 19.8 Å². The zero-order valence-electron chi connectivity index (χ0n) is 16.7. The number of hydrogen-bond acceptors (Lipinski definition) is 6. The third-order valence-corrected chi connectivity index (χ3v) is 5.77. The van der Waals surface area contributed by atoms with Crippen molar-refractivity contribution < 1.29 is 0 Å². The lowest BCUT2D eigenvalue weighted by molar-refractivity contribution is 0.283. The molecule has 6 heteroatoms. The van der Waals surface area contributed by atoms with Gasteiger partial charge in [0.2, 0.25) is 5.95 Å². The number of piperazine rings is 1. The van der Waals surface area contributed by atoms with Crippen molar-refractivity contribution in [3.63, 3.8) is 0 Å². The molecular formula is C22H30N6. The number of benzene rings is 1. The zero-order valence-corrected chi connectivity index (χ0v) is 16.7. The highest BCUT2D eigenvalue weighted by Crippen LogP contribution is 2.21. The standard InChI is InChI=1S/C22H30N6/c1-19-9-12-28(13-10-19)22-24-21(18-23-25-22)27-16-14-26(15-17-27)11-5-8-20-6-3-2-4-7-20/h2-8,18-19H,9-17H2,1H3/b8-5+. The third-order valence-electron chi connectivity index (χ3n) is 5.77. The smallest absolute Gasteiger partial charge is 0.247 e. The van der Waals surface area contributed by atoms with E-state index in [0.717, 1.165) is 63.5 Å². The van der Waals surface area contributed by atoms with Crippen molar-refractivity contribution in [3.05, 3.63) is 48.2 Å². The Bertz CT molecular complexity index is 762. The molecule has 28 heavy (non-hydrogen) atoms. The second-order valence-electron chi connectivity index (χ2n) is 7.88. The van der Waals surface area contributed by atoms with Crippen molar-refractivity contribution >= 4 is 17.8 Å². The predicted molar refractivity (Wildman–Crippen MR) is 115 cm³/mol. The second-order valence-corrected chi connectivity index (χ2v) is 7.88.